The van der Waals surface area contributed by atoms with E-state index in [1.54, 1.807) is 17.1 Å². The van der Waals surface area contributed by atoms with Crippen molar-refractivity contribution >= 4 is 22.6 Å². The Bertz CT molecular complexity index is 940. The largest absolute Gasteiger partial charge is 0.345 e. The molecule has 0 radical (unpaired) electrons. The molecular weight excluding hydrogens is 330 g/mol. The summed E-state index contributed by atoms with van der Waals surface area (Å²) in [6.45, 7) is 3.99. The normalized spacial score (nSPS) is 12.3. The van der Waals surface area contributed by atoms with Gasteiger partial charge in [-0.25, -0.2) is 0 Å². The van der Waals surface area contributed by atoms with Crippen LogP contribution < -0.4 is 5.32 Å². The number of nitrogens with zero attached hydrogens (tertiary/aromatic N) is 4. The molecule has 3 aromatic rings. The molecule has 0 aliphatic rings. The van der Waals surface area contributed by atoms with Gasteiger partial charge in [0.05, 0.1) is 6.04 Å². The summed E-state index contributed by atoms with van der Waals surface area (Å²) in [5.41, 5.74) is 1.56. The van der Waals surface area contributed by atoms with Gasteiger partial charge in [-0.05, 0) is 19.4 Å². The van der Waals surface area contributed by atoms with Crippen molar-refractivity contribution in [3.63, 3.8) is 0 Å². The highest BCUT2D eigenvalue weighted by Crippen LogP contribution is 2.23. The Labute approximate surface area is 152 Å². The summed E-state index contributed by atoms with van der Waals surface area (Å²) >= 11 is 0. The number of carbonyl (C=O) groups excluding carboxylic acids is 2. The van der Waals surface area contributed by atoms with Crippen molar-refractivity contribution in [2.75, 3.05) is 0 Å². The van der Waals surface area contributed by atoms with Gasteiger partial charge >= 0.3 is 0 Å². The minimum atomic E-state index is -0.252. The van der Waals surface area contributed by atoms with Gasteiger partial charge in [0.2, 0.25) is 5.91 Å². The number of aromatic nitrogens is 4. The summed E-state index contributed by atoms with van der Waals surface area (Å²) in [6.07, 6.45) is 4.69. The van der Waals surface area contributed by atoms with Gasteiger partial charge in [0.1, 0.15) is 12.9 Å². The molecule has 1 atom stereocenters. The average Bonchev–Trinajstić information content (AvgIpc) is 3.19. The van der Waals surface area contributed by atoms with Crippen molar-refractivity contribution < 1.29 is 9.59 Å². The van der Waals surface area contributed by atoms with Crippen LogP contribution in [0.2, 0.25) is 0 Å². The summed E-state index contributed by atoms with van der Waals surface area (Å²) in [7, 11) is 1.84. The number of amides is 1. The highest BCUT2D eigenvalue weighted by atomic mass is 16.2. The second-order valence-electron chi connectivity index (χ2n) is 6.45. The Hall–Kier alpha value is -2.96. The summed E-state index contributed by atoms with van der Waals surface area (Å²) in [5.74, 6) is 0.653. The van der Waals surface area contributed by atoms with Crippen LogP contribution in [0.15, 0.2) is 36.8 Å². The Balaban J connectivity index is 1.81. The van der Waals surface area contributed by atoms with E-state index in [2.05, 4.69) is 15.5 Å². The lowest BCUT2D eigenvalue weighted by atomic mass is 10.1. The van der Waals surface area contributed by atoms with E-state index in [9.17, 15) is 9.59 Å². The molecule has 0 fully saturated rings. The zero-order valence-electron chi connectivity index (χ0n) is 15.3. The van der Waals surface area contributed by atoms with E-state index in [4.69, 9.17) is 0 Å². The van der Waals surface area contributed by atoms with Crippen LogP contribution in [0.25, 0.3) is 10.9 Å². The van der Waals surface area contributed by atoms with E-state index in [-0.39, 0.29) is 24.3 Å². The maximum atomic E-state index is 12.5. The average molecular weight is 353 g/mol. The van der Waals surface area contributed by atoms with Crippen molar-refractivity contribution in [2.45, 2.75) is 39.3 Å². The number of aryl methyl sites for hydroxylation is 1. The number of benzene rings is 1. The molecule has 2 aromatic heterocycles. The SMILES string of the molecule is CCCC(=O)c1cn(CC(=O)NC(C)c2nncn2C)c2ccccc12. The number of ketones is 1. The number of nitrogens with one attached hydrogen (secondary N) is 1. The summed E-state index contributed by atoms with van der Waals surface area (Å²) < 4.78 is 3.61. The number of rotatable bonds is 7. The number of hydrogen-bond donors (Lipinski definition) is 1. The molecule has 0 aliphatic carbocycles. The molecule has 1 aromatic carbocycles. The molecule has 1 N–H and O–H groups in total. The van der Waals surface area contributed by atoms with Gasteiger partial charge in [0, 0.05) is 36.1 Å². The minimum absolute atomic E-state index is 0.107. The zero-order valence-corrected chi connectivity index (χ0v) is 15.3. The highest BCUT2D eigenvalue weighted by Gasteiger charge is 2.18. The maximum Gasteiger partial charge on any atom is 0.240 e. The fourth-order valence-corrected chi connectivity index (χ4v) is 3.15. The van der Waals surface area contributed by atoms with Gasteiger partial charge in [-0.15, -0.1) is 10.2 Å². The molecule has 0 spiro atoms. The molecule has 7 nitrogen and oxygen atoms in total. The molecule has 1 unspecified atom stereocenters. The quantitative estimate of drug-likeness (QED) is 0.662. The summed E-state index contributed by atoms with van der Waals surface area (Å²) in [6, 6.07) is 7.42. The predicted molar refractivity (Wildman–Crippen MR) is 98.7 cm³/mol. The standard InChI is InChI=1S/C19H23N5O2/c1-4-7-17(25)15-10-24(16-9-6-5-8-14(15)16)11-18(26)21-13(2)19-22-20-12-23(19)3/h5-6,8-10,12-13H,4,7,11H2,1-3H3,(H,21,26). The third-order valence-electron chi connectivity index (χ3n) is 4.39. The van der Waals surface area contributed by atoms with Crippen molar-refractivity contribution in [1.29, 1.82) is 0 Å². The number of Topliss-reactive ketones (excluding diaryl/α,β-unsaturated/α-hetero) is 1. The van der Waals surface area contributed by atoms with Crippen LogP contribution in [0.1, 0.15) is 48.9 Å². The van der Waals surface area contributed by atoms with Gasteiger partial charge in [0.25, 0.3) is 0 Å². The molecule has 0 aliphatic heterocycles. The Morgan fingerprint density at radius 1 is 1.27 bits per heavy atom. The number of hydrogen-bond acceptors (Lipinski definition) is 4. The van der Waals surface area contributed by atoms with Crippen LogP contribution in [0.4, 0.5) is 0 Å². The van der Waals surface area contributed by atoms with Crippen molar-refractivity contribution in [3.05, 3.63) is 48.2 Å². The van der Waals surface area contributed by atoms with Crippen LogP contribution in [0.3, 0.4) is 0 Å². The Morgan fingerprint density at radius 2 is 2.04 bits per heavy atom. The lowest BCUT2D eigenvalue weighted by Gasteiger charge is -2.13. The van der Waals surface area contributed by atoms with Crippen LogP contribution in [-0.2, 0) is 18.4 Å². The summed E-state index contributed by atoms with van der Waals surface area (Å²) in [4.78, 5) is 24.9. The van der Waals surface area contributed by atoms with E-state index >= 15 is 0 Å². The lowest BCUT2D eigenvalue weighted by molar-refractivity contribution is -0.122. The van der Waals surface area contributed by atoms with E-state index in [0.717, 1.165) is 17.3 Å². The van der Waals surface area contributed by atoms with Crippen molar-refractivity contribution in [3.8, 4) is 0 Å². The molecule has 0 bridgehead atoms. The third-order valence-corrected chi connectivity index (χ3v) is 4.39. The van der Waals surface area contributed by atoms with Gasteiger partial charge in [-0.3, -0.25) is 9.59 Å². The number of para-hydroxylation sites is 1. The summed E-state index contributed by atoms with van der Waals surface area (Å²) in [5, 5.41) is 11.7. The van der Waals surface area contributed by atoms with E-state index < -0.39 is 0 Å². The van der Waals surface area contributed by atoms with E-state index in [0.29, 0.717) is 17.8 Å². The molecule has 1 amide bonds. The lowest BCUT2D eigenvalue weighted by Crippen LogP contribution is -2.31. The maximum absolute atomic E-state index is 12.5. The fourth-order valence-electron chi connectivity index (χ4n) is 3.15. The van der Waals surface area contributed by atoms with Crippen molar-refractivity contribution in [1.82, 2.24) is 24.6 Å². The first-order valence-electron chi connectivity index (χ1n) is 8.75. The third kappa shape index (κ3) is 3.51. The molecule has 0 saturated carbocycles. The molecule has 2 heterocycles. The zero-order chi connectivity index (χ0) is 18.7. The molecule has 7 heteroatoms. The first kappa shape index (κ1) is 17.8. The van der Waals surface area contributed by atoms with Crippen LogP contribution >= 0.6 is 0 Å². The number of fused-ring (bicyclic) bond motifs is 1. The highest BCUT2D eigenvalue weighted by molar-refractivity contribution is 6.08. The van der Waals surface area contributed by atoms with E-state index in [1.165, 1.54) is 0 Å². The van der Waals surface area contributed by atoms with Gasteiger partial charge < -0.3 is 14.5 Å². The monoisotopic (exact) mass is 353 g/mol. The van der Waals surface area contributed by atoms with Crippen LogP contribution in [0, 0.1) is 0 Å². The fraction of sp³-hybridized carbons (Fsp3) is 0.368. The number of carbonyl (C=O) groups is 2. The van der Waals surface area contributed by atoms with Gasteiger partial charge in [0.15, 0.2) is 11.6 Å². The van der Waals surface area contributed by atoms with Crippen LogP contribution in [0.5, 0.6) is 0 Å². The Morgan fingerprint density at radius 3 is 2.73 bits per heavy atom. The predicted octanol–water partition coefficient (Wildman–Crippen LogP) is 2.63. The smallest absolute Gasteiger partial charge is 0.240 e. The van der Waals surface area contributed by atoms with Crippen LogP contribution in [-0.4, -0.2) is 31.0 Å². The second kappa shape index (κ2) is 7.51. The topological polar surface area (TPSA) is 81.8 Å². The van der Waals surface area contributed by atoms with Gasteiger partial charge in [-0.1, -0.05) is 25.1 Å². The molecular formula is C19H23N5O2. The first-order valence-corrected chi connectivity index (χ1v) is 8.75. The molecule has 3 rings (SSSR count). The molecule has 26 heavy (non-hydrogen) atoms. The Kier molecular flexibility index (Phi) is 5.16. The molecule has 0 saturated heterocycles. The first-order chi connectivity index (χ1) is 12.5. The van der Waals surface area contributed by atoms with Crippen molar-refractivity contribution in [2.24, 2.45) is 7.05 Å². The van der Waals surface area contributed by atoms with E-state index in [1.807, 2.05) is 49.7 Å². The van der Waals surface area contributed by atoms with Gasteiger partial charge in [-0.2, -0.15) is 0 Å². The second-order valence-corrected chi connectivity index (χ2v) is 6.45. The minimum Gasteiger partial charge on any atom is -0.345 e. The molecule has 136 valence electrons.